The molecule has 0 N–H and O–H groups in total. The van der Waals surface area contributed by atoms with Gasteiger partial charge in [0.05, 0.1) is 12.0 Å². The molecule has 0 unspecified atom stereocenters. The summed E-state index contributed by atoms with van der Waals surface area (Å²) < 4.78 is 4.68. The van der Waals surface area contributed by atoms with Crippen LogP contribution in [0.15, 0.2) is 36.5 Å². The topological polar surface area (TPSA) is 102 Å². The Bertz CT molecular complexity index is 799. The lowest BCUT2D eigenvalue weighted by Crippen LogP contribution is -2.31. The van der Waals surface area contributed by atoms with Crippen LogP contribution in [-0.2, 0) is 4.74 Å². The molecule has 0 saturated carbocycles. The molecule has 26 heavy (non-hydrogen) atoms. The molecule has 1 aromatic heterocycles. The Kier molecular flexibility index (Phi) is 5.26. The third-order valence-electron chi connectivity index (χ3n) is 4.33. The Hall–Kier alpha value is -3.23. The summed E-state index contributed by atoms with van der Waals surface area (Å²) in [5, 5.41) is 19.2. The van der Waals surface area contributed by atoms with Crippen molar-refractivity contribution in [1.29, 1.82) is 0 Å². The van der Waals surface area contributed by atoms with E-state index in [0.29, 0.717) is 6.54 Å². The molecular weight excluding hydrogens is 338 g/mol. The quantitative estimate of drug-likeness (QED) is 0.464. The maximum atomic E-state index is 11.9. The molecule has 136 valence electrons. The largest absolute Gasteiger partial charge is 0.465 e. The molecular formula is C17H19N5O4. The normalized spacial score (nSPS) is 14.7. The molecule has 2 heterocycles. The summed E-state index contributed by atoms with van der Waals surface area (Å²) >= 11 is 0. The summed E-state index contributed by atoms with van der Waals surface area (Å²) in [4.78, 5) is 26.7. The Morgan fingerprint density at radius 1 is 1.19 bits per heavy atom. The molecule has 0 radical (unpaired) electrons. The fourth-order valence-electron chi connectivity index (χ4n) is 3.02. The van der Waals surface area contributed by atoms with Crippen molar-refractivity contribution in [1.82, 2.24) is 10.2 Å². The third-order valence-corrected chi connectivity index (χ3v) is 4.33. The number of hydrogen-bond donors (Lipinski definition) is 0. The first-order valence-corrected chi connectivity index (χ1v) is 8.24. The van der Waals surface area contributed by atoms with Crippen molar-refractivity contribution in [2.24, 2.45) is 0 Å². The highest BCUT2D eigenvalue weighted by Crippen LogP contribution is 2.27. The smallest absolute Gasteiger partial charge is 0.344 e. The first-order valence-electron chi connectivity index (χ1n) is 8.24. The highest BCUT2D eigenvalue weighted by Gasteiger charge is 2.24. The van der Waals surface area contributed by atoms with Gasteiger partial charge in [-0.1, -0.05) is 0 Å². The number of benzene rings is 1. The first kappa shape index (κ1) is 17.6. The number of nitro benzene ring substituents is 1. The van der Waals surface area contributed by atoms with E-state index >= 15 is 0 Å². The standard InChI is InChI=1S/C17H19N5O4/c1-26-17(23)14-12-13(5-6-15(14)22(24)25)20-8-3-9-21(11-10-20)16-4-2-7-18-19-16/h2,4-7,12H,3,8-11H2,1H3. The number of ether oxygens (including phenoxy) is 1. The second kappa shape index (κ2) is 7.77. The van der Waals surface area contributed by atoms with Crippen LogP contribution in [0.4, 0.5) is 17.2 Å². The van der Waals surface area contributed by atoms with Gasteiger partial charge in [-0.25, -0.2) is 4.79 Å². The average Bonchev–Trinajstić information content (AvgIpc) is 2.93. The van der Waals surface area contributed by atoms with Crippen LogP contribution in [0.5, 0.6) is 0 Å². The summed E-state index contributed by atoms with van der Waals surface area (Å²) in [6.07, 6.45) is 2.53. The van der Waals surface area contributed by atoms with E-state index in [9.17, 15) is 14.9 Å². The Morgan fingerprint density at radius 3 is 2.65 bits per heavy atom. The molecule has 1 saturated heterocycles. The summed E-state index contributed by atoms with van der Waals surface area (Å²) in [5.74, 6) is 0.114. The van der Waals surface area contributed by atoms with Crippen LogP contribution in [0.3, 0.4) is 0 Å². The number of methoxy groups -OCH3 is 1. The van der Waals surface area contributed by atoms with Crippen LogP contribution in [0.1, 0.15) is 16.8 Å². The van der Waals surface area contributed by atoms with Crippen LogP contribution in [0.25, 0.3) is 0 Å². The van der Waals surface area contributed by atoms with Gasteiger partial charge in [0.1, 0.15) is 5.56 Å². The minimum Gasteiger partial charge on any atom is -0.465 e. The van der Waals surface area contributed by atoms with Crippen molar-refractivity contribution >= 4 is 23.2 Å². The lowest BCUT2D eigenvalue weighted by atomic mass is 10.1. The average molecular weight is 357 g/mol. The molecule has 2 aromatic rings. The second-order valence-electron chi connectivity index (χ2n) is 5.86. The number of anilines is 2. The summed E-state index contributed by atoms with van der Waals surface area (Å²) in [5.41, 5.74) is 0.471. The summed E-state index contributed by atoms with van der Waals surface area (Å²) in [6.45, 7) is 3.06. The number of esters is 1. The van der Waals surface area contributed by atoms with Crippen LogP contribution < -0.4 is 9.80 Å². The predicted molar refractivity (Wildman–Crippen MR) is 95.5 cm³/mol. The van der Waals surface area contributed by atoms with Gasteiger partial charge in [0.15, 0.2) is 5.82 Å². The zero-order valence-electron chi connectivity index (χ0n) is 14.4. The monoisotopic (exact) mass is 357 g/mol. The number of hydrogen-bond acceptors (Lipinski definition) is 8. The van der Waals surface area contributed by atoms with E-state index in [2.05, 4.69) is 24.7 Å². The van der Waals surface area contributed by atoms with E-state index in [4.69, 9.17) is 0 Å². The van der Waals surface area contributed by atoms with Crippen LogP contribution in [0.2, 0.25) is 0 Å². The maximum absolute atomic E-state index is 11.9. The van der Waals surface area contributed by atoms with Gasteiger partial charge in [-0.3, -0.25) is 10.1 Å². The van der Waals surface area contributed by atoms with E-state index < -0.39 is 10.9 Å². The van der Waals surface area contributed by atoms with Crippen molar-refractivity contribution in [3.63, 3.8) is 0 Å². The van der Waals surface area contributed by atoms with Gasteiger partial charge in [-0.2, -0.15) is 5.10 Å². The SMILES string of the molecule is COC(=O)c1cc(N2CCCN(c3cccnn3)CC2)ccc1[N+](=O)[O-]. The number of nitro groups is 1. The van der Waals surface area contributed by atoms with E-state index in [-0.39, 0.29) is 11.3 Å². The summed E-state index contributed by atoms with van der Waals surface area (Å²) in [7, 11) is 1.21. The Balaban J connectivity index is 1.81. The molecule has 1 fully saturated rings. The lowest BCUT2D eigenvalue weighted by molar-refractivity contribution is -0.385. The highest BCUT2D eigenvalue weighted by atomic mass is 16.6. The number of carbonyl (C=O) groups excluding carboxylic acids is 1. The Morgan fingerprint density at radius 2 is 1.96 bits per heavy atom. The second-order valence-corrected chi connectivity index (χ2v) is 5.86. The van der Waals surface area contributed by atoms with Gasteiger partial charge in [0, 0.05) is 44.1 Å². The van der Waals surface area contributed by atoms with Crippen molar-refractivity contribution in [3.8, 4) is 0 Å². The van der Waals surface area contributed by atoms with Gasteiger partial charge in [0.25, 0.3) is 5.69 Å². The van der Waals surface area contributed by atoms with Gasteiger partial charge in [-0.05, 0) is 30.7 Å². The molecule has 0 aliphatic carbocycles. The molecule has 9 heteroatoms. The first-order chi connectivity index (χ1) is 12.6. The fraction of sp³-hybridized carbons (Fsp3) is 0.353. The number of nitrogens with zero attached hydrogens (tertiary/aromatic N) is 5. The van der Waals surface area contributed by atoms with Crippen LogP contribution in [-0.4, -0.2) is 54.4 Å². The number of rotatable bonds is 4. The van der Waals surface area contributed by atoms with E-state index in [1.165, 1.54) is 19.2 Å². The van der Waals surface area contributed by atoms with Gasteiger partial charge in [-0.15, -0.1) is 5.10 Å². The molecule has 1 aliphatic heterocycles. The third kappa shape index (κ3) is 3.71. The predicted octanol–water partition coefficient (Wildman–Crippen LogP) is 1.89. The number of aromatic nitrogens is 2. The van der Waals surface area contributed by atoms with E-state index in [1.54, 1.807) is 12.3 Å². The molecule has 3 rings (SSSR count). The van der Waals surface area contributed by atoms with Gasteiger partial charge >= 0.3 is 5.97 Å². The maximum Gasteiger partial charge on any atom is 0.344 e. The van der Waals surface area contributed by atoms with Crippen LogP contribution in [0, 0.1) is 10.1 Å². The zero-order chi connectivity index (χ0) is 18.5. The van der Waals surface area contributed by atoms with Crippen LogP contribution >= 0.6 is 0 Å². The molecule has 0 spiro atoms. The highest BCUT2D eigenvalue weighted by molar-refractivity contribution is 5.95. The van der Waals surface area contributed by atoms with Crippen molar-refractivity contribution in [2.75, 3.05) is 43.1 Å². The zero-order valence-corrected chi connectivity index (χ0v) is 14.4. The lowest BCUT2D eigenvalue weighted by Gasteiger charge is -2.24. The molecule has 9 nitrogen and oxygen atoms in total. The minimum absolute atomic E-state index is 0.0370. The number of carbonyl (C=O) groups is 1. The van der Waals surface area contributed by atoms with Crippen molar-refractivity contribution in [2.45, 2.75) is 6.42 Å². The summed E-state index contributed by atoms with van der Waals surface area (Å²) in [6, 6.07) is 8.32. The fourth-order valence-corrected chi connectivity index (χ4v) is 3.02. The van der Waals surface area contributed by atoms with Gasteiger partial charge < -0.3 is 14.5 Å². The molecule has 0 amide bonds. The molecule has 1 aliphatic rings. The molecule has 1 aromatic carbocycles. The Labute approximate surface area is 150 Å². The van der Waals surface area contributed by atoms with Gasteiger partial charge in [0.2, 0.25) is 0 Å². The van der Waals surface area contributed by atoms with E-state index in [1.807, 2.05) is 12.1 Å². The minimum atomic E-state index is -0.713. The molecule has 0 bridgehead atoms. The molecule has 0 atom stereocenters. The van der Waals surface area contributed by atoms with Crippen molar-refractivity contribution in [3.05, 3.63) is 52.2 Å². The van der Waals surface area contributed by atoms with E-state index in [0.717, 1.165) is 37.6 Å². The van der Waals surface area contributed by atoms with Crippen molar-refractivity contribution < 1.29 is 14.5 Å².